The highest BCUT2D eigenvalue weighted by molar-refractivity contribution is 6.35. The zero-order chi connectivity index (χ0) is 20.3. The van der Waals surface area contributed by atoms with Crippen molar-refractivity contribution in [2.45, 2.75) is 6.10 Å². The number of morpholine rings is 1. The van der Waals surface area contributed by atoms with E-state index < -0.39 is 16.8 Å². The first-order valence-electron chi connectivity index (χ1n) is 8.32. The molecule has 1 fully saturated rings. The molecule has 1 amide bonds. The Labute approximate surface area is 170 Å². The molecule has 1 aliphatic heterocycles. The second kappa shape index (κ2) is 8.68. The van der Waals surface area contributed by atoms with E-state index in [9.17, 15) is 19.3 Å². The smallest absolute Gasteiger partial charge is 0.269 e. The number of hydrogen-bond acceptors (Lipinski definition) is 4. The lowest BCUT2D eigenvalue weighted by Gasteiger charge is -2.33. The molecule has 2 aromatic rings. The van der Waals surface area contributed by atoms with E-state index in [1.54, 1.807) is 23.1 Å². The van der Waals surface area contributed by atoms with Crippen LogP contribution in [0.3, 0.4) is 0 Å². The zero-order valence-electron chi connectivity index (χ0n) is 14.5. The van der Waals surface area contributed by atoms with E-state index in [0.717, 1.165) is 0 Å². The largest absolute Gasteiger partial charge is 0.370 e. The molecule has 0 N–H and O–H groups in total. The summed E-state index contributed by atoms with van der Waals surface area (Å²) in [6, 6.07) is 8.38. The fourth-order valence-electron chi connectivity index (χ4n) is 2.80. The van der Waals surface area contributed by atoms with Crippen LogP contribution in [0.2, 0.25) is 10.0 Å². The summed E-state index contributed by atoms with van der Waals surface area (Å²) in [4.78, 5) is 24.2. The van der Waals surface area contributed by atoms with Crippen molar-refractivity contribution in [2.24, 2.45) is 0 Å². The number of carbonyl (C=O) groups is 1. The molecule has 9 heteroatoms. The second-order valence-electron chi connectivity index (χ2n) is 6.11. The van der Waals surface area contributed by atoms with Crippen LogP contribution >= 0.6 is 23.2 Å². The van der Waals surface area contributed by atoms with Gasteiger partial charge in [-0.05, 0) is 35.9 Å². The molecule has 3 rings (SSSR count). The molecule has 0 aliphatic carbocycles. The summed E-state index contributed by atoms with van der Waals surface area (Å²) in [5.41, 5.74) is 1.07. The van der Waals surface area contributed by atoms with E-state index in [-0.39, 0.29) is 34.8 Å². The molecule has 0 saturated carbocycles. The first-order chi connectivity index (χ1) is 13.3. The van der Waals surface area contributed by atoms with Crippen molar-refractivity contribution in [3.8, 4) is 0 Å². The van der Waals surface area contributed by atoms with E-state index in [2.05, 4.69) is 0 Å². The van der Waals surface area contributed by atoms with Gasteiger partial charge in [-0.15, -0.1) is 0 Å². The molecule has 1 unspecified atom stereocenters. The summed E-state index contributed by atoms with van der Waals surface area (Å²) >= 11 is 11.9. The number of amides is 1. The lowest BCUT2D eigenvalue weighted by molar-refractivity contribution is -0.384. The summed E-state index contributed by atoms with van der Waals surface area (Å²) in [5.74, 6) is -0.858. The van der Waals surface area contributed by atoms with Crippen molar-refractivity contribution < 1.29 is 18.8 Å². The second-order valence-corrected chi connectivity index (χ2v) is 6.93. The van der Waals surface area contributed by atoms with Gasteiger partial charge in [-0.1, -0.05) is 23.2 Å². The van der Waals surface area contributed by atoms with Crippen molar-refractivity contribution in [1.29, 1.82) is 0 Å². The van der Waals surface area contributed by atoms with Crippen molar-refractivity contribution >= 4 is 40.9 Å². The minimum atomic E-state index is -0.605. The molecule has 1 heterocycles. The Hall–Kier alpha value is -2.48. The Kier molecular flexibility index (Phi) is 6.28. The van der Waals surface area contributed by atoms with Crippen LogP contribution in [0.5, 0.6) is 0 Å². The molecule has 1 atom stereocenters. The fourth-order valence-corrected chi connectivity index (χ4v) is 3.31. The van der Waals surface area contributed by atoms with Gasteiger partial charge < -0.3 is 9.64 Å². The Morgan fingerprint density at radius 1 is 1.25 bits per heavy atom. The summed E-state index contributed by atoms with van der Waals surface area (Å²) in [6.07, 6.45) is 2.39. The van der Waals surface area contributed by atoms with Crippen LogP contribution in [0.25, 0.3) is 6.08 Å². The molecular formula is C19H15Cl2FN2O4. The van der Waals surface area contributed by atoms with E-state index in [0.29, 0.717) is 17.7 Å². The van der Waals surface area contributed by atoms with Gasteiger partial charge in [0.05, 0.1) is 23.1 Å². The summed E-state index contributed by atoms with van der Waals surface area (Å²) in [6.45, 7) is 0.875. The average Bonchev–Trinajstić information content (AvgIpc) is 2.69. The first-order valence-corrected chi connectivity index (χ1v) is 9.08. The number of ether oxygens (including phenoxy) is 1. The third-order valence-electron chi connectivity index (χ3n) is 4.29. The van der Waals surface area contributed by atoms with Gasteiger partial charge in [-0.25, -0.2) is 4.39 Å². The fraction of sp³-hybridized carbons (Fsp3) is 0.211. The SMILES string of the molecule is O=C(C=Cc1ccc([N+](=O)[O-])cc1)N1CCOC(c2cc(F)c(Cl)cc2Cl)C1. The molecular weight excluding hydrogens is 410 g/mol. The van der Waals surface area contributed by atoms with E-state index in [1.165, 1.54) is 30.3 Å². The third-order valence-corrected chi connectivity index (χ3v) is 4.90. The van der Waals surface area contributed by atoms with Crippen LogP contribution in [-0.2, 0) is 9.53 Å². The van der Waals surface area contributed by atoms with Crippen LogP contribution in [0.15, 0.2) is 42.5 Å². The van der Waals surface area contributed by atoms with Crippen molar-refractivity contribution in [3.05, 3.63) is 79.6 Å². The van der Waals surface area contributed by atoms with Crippen LogP contribution < -0.4 is 0 Å². The van der Waals surface area contributed by atoms with Crippen LogP contribution in [0, 0.1) is 15.9 Å². The summed E-state index contributed by atoms with van der Waals surface area (Å²) < 4.78 is 19.4. The zero-order valence-corrected chi connectivity index (χ0v) is 16.0. The number of nitro groups is 1. The first kappa shape index (κ1) is 20.3. The van der Waals surface area contributed by atoms with Gasteiger partial charge in [0.1, 0.15) is 11.9 Å². The van der Waals surface area contributed by atoms with Gasteiger partial charge in [-0.2, -0.15) is 0 Å². The Bertz CT molecular complexity index is 934. The molecule has 6 nitrogen and oxygen atoms in total. The molecule has 28 heavy (non-hydrogen) atoms. The highest BCUT2D eigenvalue weighted by atomic mass is 35.5. The van der Waals surface area contributed by atoms with E-state index in [4.69, 9.17) is 27.9 Å². The number of nitrogens with zero attached hydrogens (tertiary/aromatic N) is 2. The van der Waals surface area contributed by atoms with Crippen LogP contribution in [0.4, 0.5) is 10.1 Å². The van der Waals surface area contributed by atoms with Gasteiger partial charge in [0.25, 0.3) is 5.69 Å². The Morgan fingerprint density at radius 3 is 2.64 bits per heavy atom. The predicted molar refractivity (Wildman–Crippen MR) is 104 cm³/mol. The highest BCUT2D eigenvalue weighted by Crippen LogP contribution is 2.32. The number of carbonyl (C=O) groups excluding carboxylic acids is 1. The van der Waals surface area contributed by atoms with Crippen molar-refractivity contribution in [1.82, 2.24) is 4.90 Å². The number of hydrogen-bond donors (Lipinski definition) is 0. The number of non-ortho nitro benzene ring substituents is 1. The summed E-state index contributed by atoms with van der Waals surface area (Å²) in [7, 11) is 0. The third kappa shape index (κ3) is 4.67. The Balaban J connectivity index is 1.69. The maximum atomic E-state index is 13.8. The molecule has 0 bridgehead atoms. The monoisotopic (exact) mass is 424 g/mol. The van der Waals surface area contributed by atoms with Crippen molar-refractivity contribution in [3.63, 3.8) is 0 Å². The molecule has 146 valence electrons. The maximum absolute atomic E-state index is 13.8. The van der Waals surface area contributed by atoms with Gasteiger partial charge in [-0.3, -0.25) is 14.9 Å². The molecule has 1 saturated heterocycles. The van der Waals surface area contributed by atoms with Gasteiger partial charge in [0.2, 0.25) is 5.91 Å². The maximum Gasteiger partial charge on any atom is 0.269 e. The molecule has 0 radical (unpaired) electrons. The number of nitro benzene ring substituents is 1. The molecule has 1 aliphatic rings. The topological polar surface area (TPSA) is 72.7 Å². The van der Waals surface area contributed by atoms with Gasteiger partial charge in [0.15, 0.2) is 0 Å². The van der Waals surface area contributed by atoms with Gasteiger partial charge >= 0.3 is 0 Å². The average molecular weight is 425 g/mol. The van der Waals surface area contributed by atoms with Crippen molar-refractivity contribution in [2.75, 3.05) is 19.7 Å². The van der Waals surface area contributed by atoms with Crippen LogP contribution in [-0.4, -0.2) is 35.4 Å². The van der Waals surface area contributed by atoms with E-state index in [1.807, 2.05) is 0 Å². The predicted octanol–water partition coefficient (Wildman–Crippen LogP) is 4.65. The number of benzene rings is 2. The Morgan fingerprint density at radius 2 is 1.96 bits per heavy atom. The molecule has 0 aromatic heterocycles. The van der Waals surface area contributed by atoms with Crippen LogP contribution in [0.1, 0.15) is 17.2 Å². The lowest BCUT2D eigenvalue weighted by atomic mass is 10.1. The highest BCUT2D eigenvalue weighted by Gasteiger charge is 2.26. The normalized spacial score (nSPS) is 17.1. The minimum Gasteiger partial charge on any atom is -0.370 e. The minimum absolute atomic E-state index is 0.0217. The standard InChI is InChI=1S/C19H15Cl2FN2O4/c20-15-10-16(21)17(22)9-14(15)18-11-23(7-8-28-18)19(25)6-3-12-1-4-13(5-2-12)24(26)27/h1-6,9-10,18H,7-8,11H2. The quantitative estimate of drug-likeness (QED) is 0.309. The van der Waals surface area contributed by atoms with E-state index >= 15 is 0 Å². The number of halogens is 3. The lowest BCUT2D eigenvalue weighted by Crippen LogP contribution is -2.41. The number of rotatable bonds is 4. The van der Waals surface area contributed by atoms with Gasteiger partial charge in [0, 0.05) is 35.3 Å². The molecule has 2 aromatic carbocycles. The summed E-state index contributed by atoms with van der Waals surface area (Å²) in [5, 5.41) is 10.9. The molecule has 0 spiro atoms.